The van der Waals surface area contributed by atoms with E-state index in [1.807, 2.05) is 11.4 Å². The minimum absolute atomic E-state index is 0.0239. The Bertz CT molecular complexity index is 914. The van der Waals surface area contributed by atoms with Crippen LogP contribution in [0.25, 0.3) is 11.1 Å². The van der Waals surface area contributed by atoms with Crippen LogP contribution in [0.2, 0.25) is 0 Å². The molecular weight excluding hydrogens is 321 g/mol. The molecule has 3 aromatic rings. The molecule has 120 valence electrons. The van der Waals surface area contributed by atoms with Gasteiger partial charge >= 0.3 is 0 Å². The van der Waals surface area contributed by atoms with Crippen molar-refractivity contribution >= 4 is 22.9 Å². The zero-order valence-corrected chi connectivity index (χ0v) is 14.0. The van der Waals surface area contributed by atoms with Gasteiger partial charge in [0.05, 0.1) is 5.69 Å². The van der Waals surface area contributed by atoms with E-state index in [1.165, 1.54) is 28.1 Å². The number of halogens is 1. The summed E-state index contributed by atoms with van der Waals surface area (Å²) in [7, 11) is 0. The fourth-order valence-corrected chi connectivity index (χ4v) is 4.39. The fraction of sp³-hybridized carbons (Fsp3) is 0.150. The van der Waals surface area contributed by atoms with E-state index in [0.717, 1.165) is 16.8 Å². The third-order valence-electron chi connectivity index (χ3n) is 4.39. The predicted octanol–water partition coefficient (Wildman–Crippen LogP) is 5.34. The first kappa shape index (κ1) is 15.1. The molecule has 2 heterocycles. The van der Waals surface area contributed by atoms with E-state index in [-0.39, 0.29) is 17.6 Å². The monoisotopic (exact) mass is 337 g/mol. The van der Waals surface area contributed by atoms with Crippen LogP contribution >= 0.6 is 11.3 Å². The fourth-order valence-electron chi connectivity index (χ4n) is 3.22. The summed E-state index contributed by atoms with van der Waals surface area (Å²) in [6.07, 6.45) is 0.458. The lowest BCUT2D eigenvalue weighted by Gasteiger charge is -2.24. The smallest absolute Gasteiger partial charge is 0.225 e. The molecule has 1 aliphatic heterocycles. The van der Waals surface area contributed by atoms with Crippen molar-refractivity contribution in [1.29, 1.82) is 0 Å². The maximum absolute atomic E-state index is 13.2. The molecule has 4 heteroatoms. The summed E-state index contributed by atoms with van der Waals surface area (Å²) in [6.45, 7) is 2.06. The Labute approximate surface area is 144 Å². The van der Waals surface area contributed by atoms with Gasteiger partial charge in [0.15, 0.2) is 0 Å². The third kappa shape index (κ3) is 2.63. The number of rotatable bonds is 2. The first-order chi connectivity index (χ1) is 11.6. The first-order valence-electron chi connectivity index (χ1n) is 7.85. The lowest BCUT2D eigenvalue weighted by Crippen LogP contribution is -2.22. The van der Waals surface area contributed by atoms with Crippen molar-refractivity contribution in [2.24, 2.45) is 0 Å². The summed E-state index contributed by atoms with van der Waals surface area (Å²) in [5.74, 6) is -0.159. The van der Waals surface area contributed by atoms with E-state index in [4.69, 9.17) is 0 Å². The molecule has 1 aromatic heterocycles. The van der Waals surface area contributed by atoms with Gasteiger partial charge in [-0.2, -0.15) is 0 Å². The zero-order chi connectivity index (χ0) is 16.7. The number of carbonyl (C=O) groups is 1. The first-order valence-corrected chi connectivity index (χ1v) is 8.73. The second-order valence-electron chi connectivity index (χ2n) is 6.11. The van der Waals surface area contributed by atoms with Crippen molar-refractivity contribution in [2.45, 2.75) is 19.3 Å². The molecule has 1 N–H and O–H groups in total. The number of aryl methyl sites for hydroxylation is 1. The highest BCUT2D eigenvalue weighted by molar-refractivity contribution is 7.11. The summed E-state index contributed by atoms with van der Waals surface area (Å²) >= 11 is 1.65. The summed E-state index contributed by atoms with van der Waals surface area (Å²) in [4.78, 5) is 13.4. The van der Waals surface area contributed by atoms with Crippen molar-refractivity contribution in [2.75, 3.05) is 5.32 Å². The molecule has 4 rings (SSSR count). The number of hydrogen-bond donors (Lipinski definition) is 1. The van der Waals surface area contributed by atoms with Crippen molar-refractivity contribution in [3.05, 3.63) is 75.7 Å². The van der Waals surface area contributed by atoms with Crippen LogP contribution in [0.1, 0.15) is 28.3 Å². The van der Waals surface area contributed by atoms with Gasteiger partial charge in [-0.05, 0) is 30.2 Å². The Kier molecular flexibility index (Phi) is 3.69. The molecule has 0 saturated carbocycles. The quantitative estimate of drug-likeness (QED) is 0.672. The van der Waals surface area contributed by atoms with Gasteiger partial charge in [0.1, 0.15) is 5.82 Å². The number of carbonyl (C=O) groups excluding carboxylic acids is 1. The van der Waals surface area contributed by atoms with Gasteiger partial charge in [-0.25, -0.2) is 4.39 Å². The number of thiophene rings is 1. The molecular formula is C20H16FNOS. The molecule has 24 heavy (non-hydrogen) atoms. The van der Waals surface area contributed by atoms with Gasteiger partial charge in [-0.1, -0.05) is 42.0 Å². The highest BCUT2D eigenvalue weighted by Gasteiger charge is 2.30. The van der Waals surface area contributed by atoms with Crippen LogP contribution in [-0.2, 0) is 4.79 Å². The Morgan fingerprint density at radius 2 is 1.96 bits per heavy atom. The average Bonchev–Trinajstić information content (AvgIpc) is 2.98. The number of benzene rings is 2. The molecule has 1 amide bonds. The number of nitrogens with one attached hydrogen (secondary N) is 1. The number of anilines is 1. The maximum Gasteiger partial charge on any atom is 0.225 e. The number of fused-ring (bicyclic) bond motifs is 1. The topological polar surface area (TPSA) is 29.1 Å². The van der Waals surface area contributed by atoms with Crippen LogP contribution in [0.5, 0.6) is 0 Å². The normalized spacial score (nSPS) is 16.6. The van der Waals surface area contributed by atoms with Crippen LogP contribution in [0.15, 0.2) is 53.9 Å². The van der Waals surface area contributed by atoms with Crippen molar-refractivity contribution in [3.8, 4) is 11.1 Å². The molecule has 0 radical (unpaired) electrons. The largest absolute Gasteiger partial charge is 0.325 e. The standard InChI is InChI=1S/C20H16FNOS/c1-12-3-2-4-14(9-12)16-10-18(23)22-19-17(11-24-20(16)19)13-5-7-15(21)8-6-13/h2-9,11,16H,10H2,1H3,(H,22,23)/t16-/m0/s1. The van der Waals surface area contributed by atoms with Gasteiger partial charge in [0.25, 0.3) is 0 Å². The Morgan fingerprint density at radius 1 is 1.17 bits per heavy atom. The molecule has 0 unspecified atom stereocenters. The molecule has 0 bridgehead atoms. The lowest BCUT2D eigenvalue weighted by molar-refractivity contribution is -0.116. The molecule has 2 aromatic carbocycles. The SMILES string of the molecule is Cc1cccc([C@@H]2CC(=O)Nc3c(-c4ccc(F)cc4)csc32)c1. The van der Waals surface area contributed by atoms with Crippen LogP contribution < -0.4 is 5.32 Å². The lowest BCUT2D eigenvalue weighted by atomic mass is 9.88. The molecule has 2 nitrogen and oxygen atoms in total. The Balaban J connectivity index is 1.81. The number of amides is 1. The summed E-state index contributed by atoms with van der Waals surface area (Å²) in [5, 5.41) is 5.06. The minimum Gasteiger partial charge on any atom is -0.325 e. The van der Waals surface area contributed by atoms with Crippen LogP contribution in [0.3, 0.4) is 0 Å². The molecule has 0 spiro atoms. The van der Waals surface area contributed by atoms with Crippen LogP contribution in [0, 0.1) is 12.7 Å². The van der Waals surface area contributed by atoms with E-state index in [9.17, 15) is 9.18 Å². The van der Waals surface area contributed by atoms with E-state index in [2.05, 4.69) is 30.4 Å². The van der Waals surface area contributed by atoms with Gasteiger partial charge < -0.3 is 5.32 Å². The summed E-state index contributed by atoms with van der Waals surface area (Å²) in [5.41, 5.74) is 5.10. The van der Waals surface area contributed by atoms with Crippen LogP contribution in [-0.4, -0.2) is 5.91 Å². The Hall–Kier alpha value is -2.46. The van der Waals surface area contributed by atoms with E-state index >= 15 is 0 Å². The zero-order valence-electron chi connectivity index (χ0n) is 13.2. The molecule has 1 atom stereocenters. The van der Waals surface area contributed by atoms with Crippen molar-refractivity contribution < 1.29 is 9.18 Å². The second kappa shape index (κ2) is 5.87. The number of hydrogen-bond acceptors (Lipinski definition) is 2. The molecule has 1 aliphatic rings. The molecule has 0 aliphatic carbocycles. The minimum atomic E-state index is -0.260. The maximum atomic E-state index is 13.2. The molecule has 0 saturated heterocycles. The van der Waals surface area contributed by atoms with Gasteiger partial charge in [-0.15, -0.1) is 11.3 Å². The average molecular weight is 337 g/mol. The Morgan fingerprint density at radius 3 is 2.71 bits per heavy atom. The highest BCUT2D eigenvalue weighted by atomic mass is 32.1. The summed E-state index contributed by atoms with van der Waals surface area (Å²) in [6, 6.07) is 14.7. The van der Waals surface area contributed by atoms with Crippen molar-refractivity contribution in [1.82, 2.24) is 0 Å². The van der Waals surface area contributed by atoms with E-state index in [0.29, 0.717) is 6.42 Å². The van der Waals surface area contributed by atoms with E-state index in [1.54, 1.807) is 23.5 Å². The third-order valence-corrected chi connectivity index (χ3v) is 5.49. The van der Waals surface area contributed by atoms with Gasteiger partial charge in [-0.3, -0.25) is 4.79 Å². The predicted molar refractivity (Wildman–Crippen MR) is 96.0 cm³/mol. The van der Waals surface area contributed by atoms with Gasteiger partial charge in [0.2, 0.25) is 5.91 Å². The highest BCUT2D eigenvalue weighted by Crippen LogP contribution is 2.46. The summed E-state index contributed by atoms with van der Waals surface area (Å²) < 4.78 is 13.2. The van der Waals surface area contributed by atoms with E-state index < -0.39 is 0 Å². The molecule has 0 fully saturated rings. The van der Waals surface area contributed by atoms with Gasteiger partial charge in [0, 0.05) is 28.2 Å². The van der Waals surface area contributed by atoms with Crippen LogP contribution in [0.4, 0.5) is 10.1 Å². The van der Waals surface area contributed by atoms with Crippen molar-refractivity contribution in [3.63, 3.8) is 0 Å². The second-order valence-corrected chi connectivity index (χ2v) is 7.03.